The molecule has 0 saturated heterocycles. The summed E-state index contributed by atoms with van der Waals surface area (Å²) in [5.41, 5.74) is 8.07. The summed E-state index contributed by atoms with van der Waals surface area (Å²) in [6.45, 7) is 0. The zero-order valence-corrected chi connectivity index (χ0v) is 8.87. The van der Waals surface area contributed by atoms with E-state index >= 15 is 0 Å². The van der Waals surface area contributed by atoms with Crippen LogP contribution >= 0.6 is 0 Å². The van der Waals surface area contributed by atoms with Crippen molar-refractivity contribution in [3.8, 4) is 0 Å². The number of nitrogens with zero attached hydrogens (tertiary/aromatic N) is 2. The Morgan fingerprint density at radius 1 is 1.29 bits per heavy atom. The molecule has 0 aliphatic heterocycles. The maximum atomic E-state index is 5.94. The second-order valence-corrected chi connectivity index (χ2v) is 4.30. The second-order valence-electron chi connectivity index (χ2n) is 4.30. The fourth-order valence-corrected chi connectivity index (χ4v) is 2.52. The monoisotopic (exact) mass is 193 g/mol. The Labute approximate surface area is 85.3 Å². The third kappa shape index (κ3) is 1.76. The number of aromatic nitrogens is 2. The number of hydrogen-bond donors (Lipinski definition) is 1. The first-order chi connectivity index (χ1) is 6.79. The van der Waals surface area contributed by atoms with Gasteiger partial charge in [-0.3, -0.25) is 4.68 Å². The maximum absolute atomic E-state index is 5.94. The van der Waals surface area contributed by atoms with Gasteiger partial charge >= 0.3 is 0 Å². The van der Waals surface area contributed by atoms with Crippen LogP contribution in [-0.2, 0) is 7.05 Å². The highest BCUT2D eigenvalue weighted by Crippen LogP contribution is 2.33. The number of hydrogen-bond acceptors (Lipinski definition) is 2. The second kappa shape index (κ2) is 4.03. The molecule has 3 nitrogen and oxygen atoms in total. The predicted octanol–water partition coefficient (Wildman–Crippen LogP) is 2.44. The first-order valence-corrected chi connectivity index (χ1v) is 5.56. The Bertz CT molecular complexity index is 276. The summed E-state index contributed by atoms with van der Waals surface area (Å²) in [5.74, 6) is 0.644. The van der Waals surface area contributed by atoms with Crippen molar-refractivity contribution in [2.24, 2.45) is 7.05 Å². The zero-order valence-electron chi connectivity index (χ0n) is 8.87. The van der Waals surface area contributed by atoms with E-state index in [4.69, 9.17) is 5.73 Å². The van der Waals surface area contributed by atoms with Crippen molar-refractivity contribution in [1.82, 2.24) is 9.78 Å². The molecule has 0 atom stereocenters. The lowest BCUT2D eigenvalue weighted by Crippen LogP contribution is -2.07. The molecular weight excluding hydrogens is 174 g/mol. The van der Waals surface area contributed by atoms with Crippen molar-refractivity contribution in [2.45, 2.75) is 44.4 Å². The Hall–Kier alpha value is -0.990. The first kappa shape index (κ1) is 9.56. The smallest absolute Gasteiger partial charge is 0.0735 e. The minimum absolute atomic E-state index is 0.644. The van der Waals surface area contributed by atoms with Crippen LogP contribution in [0, 0.1) is 0 Å². The average Bonchev–Trinajstić information content (AvgIpc) is 2.45. The third-order valence-electron chi connectivity index (χ3n) is 3.26. The lowest BCUT2D eigenvalue weighted by atomic mass is 9.96. The summed E-state index contributed by atoms with van der Waals surface area (Å²) in [6.07, 6.45) is 9.79. The molecule has 0 unspecified atom stereocenters. The van der Waals surface area contributed by atoms with Crippen LogP contribution in [0.5, 0.6) is 0 Å². The molecule has 0 bridgehead atoms. The number of aryl methyl sites for hydroxylation is 1. The lowest BCUT2D eigenvalue weighted by molar-refractivity contribution is 0.543. The van der Waals surface area contributed by atoms with E-state index in [1.807, 2.05) is 11.7 Å². The van der Waals surface area contributed by atoms with E-state index < -0.39 is 0 Å². The summed E-state index contributed by atoms with van der Waals surface area (Å²) in [5, 5.41) is 4.21. The number of rotatable bonds is 1. The van der Waals surface area contributed by atoms with Gasteiger partial charge in [-0.25, -0.2) is 0 Å². The van der Waals surface area contributed by atoms with Crippen molar-refractivity contribution in [1.29, 1.82) is 0 Å². The van der Waals surface area contributed by atoms with Crippen molar-refractivity contribution in [2.75, 3.05) is 5.73 Å². The van der Waals surface area contributed by atoms with Crippen LogP contribution in [0.3, 0.4) is 0 Å². The Balaban J connectivity index is 2.19. The molecule has 1 aliphatic carbocycles. The van der Waals surface area contributed by atoms with Crippen LogP contribution in [0.1, 0.15) is 50.1 Å². The topological polar surface area (TPSA) is 43.8 Å². The van der Waals surface area contributed by atoms with Crippen LogP contribution in [0.4, 0.5) is 5.69 Å². The molecule has 2 N–H and O–H groups in total. The summed E-state index contributed by atoms with van der Waals surface area (Å²) in [4.78, 5) is 0. The van der Waals surface area contributed by atoms with Crippen LogP contribution in [0.25, 0.3) is 0 Å². The molecule has 1 aromatic rings. The molecule has 1 heterocycles. The van der Waals surface area contributed by atoms with Crippen molar-refractivity contribution < 1.29 is 0 Å². The molecule has 14 heavy (non-hydrogen) atoms. The van der Waals surface area contributed by atoms with E-state index in [1.165, 1.54) is 44.2 Å². The SMILES string of the molecule is Cn1ncc(N)c1C1CCCCCC1. The molecule has 2 rings (SSSR count). The summed E-state index contributed by atoms with van der Waals surface area (Å²) >= 11 is 0. The molecule has 1 saturated carbocycles. The molecule has 3 heteroatoms. The van der Waals surface area contributed by atoms with Gasteiger partial charge in [-0.15, -0.1) is 0 Å². The van der Waals surface area contributed by atoms with Crippen LogP contribution < -0.4 is 5.73 Å². The largest absolute Gasteiger partial charge is 0.396 e. The molecule has 0 amide bonds. The highest BCUT2D eigenvalue weighted by Gasteiger charge is 2.19. The van der Waals surface area contributed by atoms with Crippen molar-refractivity contribution >= 4 is 5.69 Å². The average molecular weight is 193 g/mol. The van der Waals surface area contributed by atoms with Crippen molar-refractivity contribution in [3.05, 3.63) is 11.9 Å². The van der Waals surface area contributed by atoms with Gasteiger partial charge in [-0.05, 0) is 12.8 Å². The molecule has 1 fully saturated rings. The molecule has 1 aliphatic rings. The normalized spacial score (nSPS) is 19.5. The quantitative estimate of drug-likeness (QED) is 0.696. The van der Waals surface area contributed by atoms with Gasteiger partial charge in [-0.2, -0.15) is 5.10 Å². The zero-order chi connectivity index (χ0) is 9.97. The van der Waals surface area contributed by atoms with E-state index in [2.05, 4.69) is 5.10 Å². The van der Waals surface area contributed by atoms with Crippen LogP contribution in [-0.4, -0.2) is 9.78 Å². The fourth-order valence-electron chi connectivity index (χ4n) is 2.52. The standard InChI is InChI=1S/C11H19N3/c1-14-11(10(12)8-13-14)9-6-4-2-3-5-7-9/h8-9H,2-7,12H2,1H3. The van der Waals surface area contributed by atoms with Crippen LogP contribution in [0.15, 0.2) is 6.20 Å². The summed E-state index contributed by atoms with van der Waals surface area (Å²) in [7, 11) is 2.00. The molecular formula is C11H19N3. The molecule has 1 aromatic heterocycles. The fraction of sp³-hybridized carbons (Fsp3) is 0.727. The van der Waals surface area contributed by atoms with E-state index in [0.717, 1.165) is 5.69 Å². The first-order valence-electron chi connectivity index (χ1n) is 5.56. The number of nitrogen functional groups attached to an aromatic ring is 1. The van der Waals surface area contributed by atoms with Gasteiger partial charge in [0.05, 0.1) is 17.6 Å². The van der Waals surface area contributed by atoms with Gasteiger partial charge in [-0.1, -0.05) is 25.7 Å². The van der Waals surface area contributed by atoms with Gasteiger partial charge in [0.15, 0.2) is 0 Å². The minimum Gasteiger partial charge on any atom is -0.396 e. The third-order valence-corrected chi connectivity index (χ3v) is 3.26. The van der Waals surface area contributed by atoms with E-state index in [1.54, 1.807) is 6.20 Å². The van der Waals surface area contributed by atoms with Gasteiger partial charge in [0.25, 0.3) is 0 Å². The summed E-state index contributed by atoms with van der Waals surface area (Å²) in [6, 6.07) is 0. The Morgan fingerprint density at radius 3 is 2.43 bits per heavy atom. The summed E-state index contributed by atoms with van der Waals surface area (Å²) < 4.78 is 1.95. The van der Waals surface area contributed by atoms with E-state index in [-0.39, 0.29) is 0 Å². The highest BCUT2D eigenvalue weighted by molar-refractivity contribution is 5.43. The lowest BCUT2D eigenvalue weighted by Gasteiger charge is -2.15. The van der Waals surface area contributed by atoms with Gasteiger partial charge in [0.2, 0.25) is 0 Å². The number of anilines is 1. The van der Waals surface area contributed by atoms with Gasteiger partial charge in [0, 0.05) is 13.0 Å². The van der Waals surface area contributed by atoms with E-state index in [9.17, 15) is 0 Å². The van der Waals surface area contributed by atoms with Crippen LogP contribution in [0.2, 0.25) is 0 Å². The Morgan fingerprint density at radius 2 is 1.93 bits per heavy atom. The van der Waals surface area contributed by atoms with Gasteiger partial charge < -0.3 is 5.73 Å². The molecule has 0 radical (unpaired) electrons. The molecule has 0 spiro atoms. The van der Waals surface area contributed by atoms with Crippen molar-refractivity contribution in [3.63, 3.8) is 0 Å². The maximum Gasteiger partial charge on any atom is 0.0735 e. The van der Waals surface area contributed by atoms with Gasteiger partial charge in [0.1, 0.15) is 0 Å². The highest BCUT2D eigenvalue weighted by atomic mass is 15.3. The molecule has 0 aromatic carbocycles. The molecule has 78 valence electrons. The predicted molar refractivity (Wildman–Crippen MR) is 58.1 cm³/mol. The van der Waals surface area contributed by atoms with E-state index in [0.29, 0.717) is 5.92 Å². The Kier molecular flexibility index (Phi) is 2.75. The number of nitrogens with two attached hydrogens (primary N) is 1. The minimum atomic E-state index is 0.644.